The second-order valence-corrected chi connectivity index (χ2v) is 5.61. The van der Waals surface area contributed by atoms with E-state index in [4.69, 9.17) is 9.05 Å². The van der Waals surface area contributed by atoms with Gasteiger partial charge in [0, 0.05) is 11.6 Å². The monoisotopic (exact) mass is 164 g/mol. The molecule has 0 N–H and O–H groups in total. The van der Waals surface area contributed by atoms with Crippen molar-refractivity contribution in [3.05, 3.63) is 0 Å². The second kappa shape index (κ2) is 2.74. The van der Waals surface area contributed by atoms with Crippen molar-refractivity contribution >= 4 is 23.9 Å². The largest absolute Gasteiger partial charge is 0.326 e. The summed E-state index contributed by atoms with van der Waals surface area (Å²) in [5.41, 5.74) is 0. The van der Waals surface area contributed by atoms with Crippen molar-refractivity contribution in [1.82, 2.24) is 0 Å². The third kappa shape index (κ3) is 2.41. The summed E-state index contributed by atoms with van der Waals surface area (Å²) in [6, 6.07) is 0. The van der Waals surface area contributed by atoms with Gasteiger partial charge in [0.2, 0.25) is 0 Å². The molecule has 0 amide bonds. The Kier molecular flexibility index (Phi) is 2.37. The third-order valence-electron chi connectivity index (χ3n) is 1.22. The molecule has 3 nitrogen and oxygen atoms in total. The molecule has 9 heavy (non-hydrogen) atoms. The standard InChI is InChI=1S/C4H8O3P.Al.2H/c1-8(5)6-3-2-4-7-8;;;/h3H,2,4H2,1H3;;;. The summed E-state index contributed by atoms with van der Waals surface area (Å²) in [7, 11) is -2.61. The van der Waals surface area contributed by atoms with Crippen LogP contribution < -0.4 is 0 Å². The van der Waals surface area contributed by atoms with Gasteiger partial charge in [-0.3, -0.25) is 4.57 Å². The zero-order chi connectivity index (χ0) is 6.91. The maximum Gasteiger partial charge on any atom is 0.326 e. The molecule has 0 aromatic heterocycles. The van der Waals surface area contributed by atoms with Crippen LogP contribution in [0.3, 0.4) is 0 Å². The van der Waals surface area contributed by atoms with E-state index in [1.165, 1.54) is 6.66 Å². The van der Waals surface area contributed by atoms with Gasteiger partial charge in [0.15, 0.2) is 0 Å². The van der Waals surface area contributed by atoms with Gasteiger partial charge in [-0.1, -0.05) is 0 Å². The third-order valence-corrected chi connectivity index (χ3v) is 3.83. The van der Waals surface area contributed by atoms with Crippen molar-refractivity contribution in [2.75, 3.05) is 13.3 Å². The van der Waals surface area contributed by atoms with Crippen molar-refractivity contribution in [3.8, 4) is 0 Å². The van der Waals surface area contributed by atoms with Crippen LogP contribution in [0.25, 0.3) is 0 Å². The Labute approximate surface area is 62.7 Å². The first-order valence-electron chi connectivity index (χ1n) is 3.00. The van der Waals surface area contributed by atoms with Crippen LogP contribution in [-0.2, 0) is 13.6 Å². The highest BCUT2D eigenvalue weighted by Gasteiger charge is 2.24. The van der Waals surface area contributed by atoms with Crippen LogP contribution in [0.4, 0.5) is 0 Å². The van der Waals surface area contributed by atoms with E-state index < -0.39 is 7.60 Å². The molecule has 1 aliphatic heterocycles. The molecule has 1 heterocycles. The van der Waals surface area contributed by atoms with Crippen molar-refractivity contribution in [1.29, 1.82) is 0 Å². The average molecular weight is 164 g/mol. The minimum atomic E-state index is -2.61. The van der Waals surface area contributed by atoms with E-state index >= 15 is 0 Å². The van der Waals surface area contributed by atoms with Crippen LogP contribution in [0.1, 0.15) is 6.42 Å². The van der Waals surface area contributed by atoms with Crippen LogP contribution in [0, 0.1) is 0 Å². The molecule has 2 atom stereocenters. The molecule has 1 fully saturated rings. The van der Waals surface area contributed by atoms with Crippen molar-refractivity contribution in [3.63, 3.8) is 0 Å². The Morgan fingerprint density at radius 2 is 2.44 bits per heavy atom. The molecule has 0 saturated carbocycles. The fourth-order valence-corrected chi connectivity index (χ4v) is 3.44. The first-order chi connectivity index (χ1) is 4.10. The fraction of sp³-hybridized carbons (Fsp3) is 1.00. The van der Waals surface area contributed by atoms with E-state index in [9.17, 15) is 4.57 Å². The summed E-state index contributed by atoms with van der Waals surface area (Å²) in [4.78, 5) is 0.231. The molecule has 2 unspecified atom stereocenters. The normalized spacial score (nSPS) is 44.8. The number of rotatable bonds is 0. The van der Waals surface area contributed by atoms with Crippen LogP contribution in [0.2, 0.25) is 0 Å². The molecular formula is C4H10AlO3P. The van der Waals surface area contributed by atoms with E-state index in [1.54, 1.807) is 0 Å². The molecule has 1 rings (SSSR count). The van der Waals surface area contributed by atoms with E-state index in [2.05, 4.69) is 0 Å². The Bertz CT molecular complexity index is 149. The molecule has 1 aliphatic rings. The zero-order valence-electron chi connectivity index (χ0n) is 5.66. The fourth-order valence-electron chi connectivity index (χ4n) is 0.794. The van der Waals surface area contributed by atoms with E-state index in [-0.39, 0.29) is 4.97 Å². The predicted octanol–water partition coefficient (Wildman–Crippen LogP) is 0.205. The van der Waals surface area contributed by atoms with Gasteiger partial charge in [-0.15, -0.1) is 0 Å². The molecular weight excluding hydrogens is 154 g/mol. The number of hydrogen-bond donors (Lipinski definition) is 0. The molecule has 52 valence electrons. The van der Waals surface area contributed by atoms with E-state index in [0.717, 1.165) is 22.7 Å². The average Bonchev–Trinajstić information content (AvgIpc) is 1.60. The van der Waals surface area contributed by atoms with Crippen molar-refractivity contribution in [2.24, 2.45) is 0 Å². The lowest BCUT2D eigenvalue weighted by Crippen LogP contribution is -2.19. The van der Waals surface area contributed by atoms with Gasteiger partial charge in [0.1, 0.15) is 0 Å². The Balaban J connectivity index is 2.51. The van der Waals surface area contributed by atoms with E-state index in [1.807, 2.05) is 0 Å². The Morgan fingerprint density at radius 3 is 2.78 bits per heavy atom. The topological polar surface area (TPSA) is 35.5 Å². The summed E-state index contributed by atoms with van der Waals surface area (Å²) in [5.74, 6) is 0. The second-order valence-electron chi connectivity index (χ2n) is 2.31. The maximum absolute atomic E-state index is 11.0. The highest BCUT2D eigenvalue weighted by Crippen LogP contribution is 2.47. The maximum atomic E-state index is 11.0. The molecule has 0 spiro atoms. The molecule has 0 radical (unpaired) electrons. The van der Waals surface area contributed by atoms with Gasteiger partial charge in [0.25, 0.3) is 16.3 Å². The lowest BCUT2D eigenvalue weighted by Gasteiger charge is -2.24. The summed E-state index contributed by atoms with van der Waals surface area (Å²) in [6.45, 7) is 2.12. The first-order valence-corrected chi connectivity index (χ1v) is 6.15. The molecule has 1 saturated heterocycles. The van der Waals surface area contributed by atoms with Gasteiger partial charge in [-0.25, -0.2) is 0 Å². The Morgan fingerprint density at radius 1 is 1.78 bits per heavy atom. The van der Waals surface area contributed by atoms with Gasteiger partial charge in [-0.05, 0) is 6.42 Å². The summed E-state index contributed by atoms with van der Waals surface area (Å²) < 4.78 is 21.0. The minimum Gasteiger partial charge on any atom is -0.322 e. The molecule has 0 bridgehead atoms. The van der Waals surface area contributed by atoms with Gasteiger partial charge in [-0.2, -0.15) is 0 Å². The molecule has 5 heteroatoms. The highest BCUT2D eigenvalue weighted by atomic mass is 31.2. The lowest BCUT2D eigenvalue weighted by atomic mass is 10.5. The van der Waals surface area contributed by atoms with E-state index in [0.29, 0.717) is 6.61 Å². The molecule has 0 aromatic carbocycles. The summed E-state index contributed by atoms with van der Waals surface area (Å²) in [5, 5.41) is 0. The number of hydrogen-bond acceptors (Lipinski definition) is 3. The van der Waals surface area contributed by atoms with Crippen LogP contribution in [0.5, 0.6) is 0 Å². The van der Waals surface area contributed by atoms with Crippen molar-refractivity contribution in [2.45, 2.75) is 11.4 Å². The van der Waals surface area contributed by atoms with Crippen molar-refractivity contribution < 1.29 is 13.6 Å². The van der Waals surface area contributed by atoms with Crippen LogP contribution >= 0.6 is 7.60 Å². The first kappa shape index (κ1) is 7.79. The molecule has 0 aromatic rings. The van der Waals surface area contributed by atoms with Crippen LogP contribution in [-0.4, -0.2) is 34.5 Å². The van der Waals surface area contributed by atoms with Gasteiger partial charge < -0.3 is 9.05 Å². The lowest BCUT2D eigenvalue weighted by molar-refractivity contribution is 0.128. The van der Waals surface area contributed by atoms with Gasteiger partial charge in [0.05, 0.1) is 6.61 Å². The predicted molar refractivity (Wildman–Crippen MR) is 37.5 cm³/mol. The molecule has 0 aliphatic carbocycles. The quantitative estimate of drug-likeness (QED) is 0.379. The zero-order valence-corrected chi connectivity index (χ0v) is 8.56. The Hall–Kier alpha value is 0.682. The highest BCUT2D eigenvalue weighted by molar-refractivity contribution is 7.53. The summed E-state index contributed by atoms with van der Waals surface area (Å²) >= 11 is 0.947. The summed E-state index contributed by atoms with van der Waals surface area (Å²) in [6.07, 6.45) is 0.907. The SMILES string of the molecule is CP1(=O)OCC[CH]([AlH2])O1. The van der Waals surface area contributed by atoms with Crippen LogP contribution in [0.15, 0.2) is 0 Å². The minimum absolute atomic E-state index is 0.231. The smallest absolute Gasteiger partial charge is 0.322 e. The van der Waals surface area contributed by atoms with Gasteiger partial charge >= 0.3 is 7.60 Å².